The second kappa shape index (κ2) is 7.25. The van der Waals surface area contributed by atoms with Gasteiger partial charge in [0.25, 0.3) is 5.91 Å². The molecule has 1 aliphatic rings. The van der Waals surface area contributed by atoms with Gasteiger partial charge in [0.15, 0.2) is 0 Å². The molecule has 3 amide bonds. The number of carbonyl (C=O) groups is 2. The van der Waals surface area contributed by atoms with E-state index in [2.05, 4.69) is 10.6 Å². The first-order chi connectivity index (χ1) is 12.1. The minimum Gasteiger partial charge on any atom is -0.497 e. The molecule has 2 N–H and O–H groups in total. The van der Waals surface area contributed by atoms with E-state index >= 15 is 0 Å². The molecule has 0 aromatic heterocycles. The molecule has 2 aromatic rings. The second-order valence-electron chi connectivity index (χ2n) is 5.72. The summed E-state index contributed by atoms with van der Waals surface area (Å²) < 4.78 is 5.11. The van der Waals surface area contributed by atoms with E-state index in [1.54, 1.807) is 42.3 Å². The lowest BCUT2D eigenvalue weighted by molar-refractivity contribution is 0.0955. The monoisotopic (exact) mass is 339 g/mol. The van der Waals surface area contributed by atoms with Crippen molar-refractivity contribution < 1.29 is 14.3 Å². The summed E-state index contributed by atoms with van der Waals surface area (Å²) in [6.45, 7) is 3.01. The van der Waals surface area contributed by atoms with Crippen LogP contribution >= 0.6 is 0 Å². The zero-order valence-corrected chi connectivity index (χ0v) is 14.3. The minimum atomic E-state index is -0.211. The molecular formula is C19H21N3O3. The quantitative estimate of drug-likeness (QED) is 0.899. The van der Waals surface area contributed by atoms with Gasteiger partial charge in [-0.2, -0.15) is 0 Å². The number of nitrogens with zero attached hydrogens (tertiary/aromatic N) is 1. The maximum atomic E-state index is 12.6. The third-order valence-corrected chi connectivity index (χ3v) is 4.20. The van der Waals surface area contributed by atoms with Gasteiger partial charge in [0.2, 0.25) is 0 Å². The fraction of sp³-hybridized carbons (Fsp3) is 0.263. The summed E-state index contributed by atoms with van der Waals surface area (Å²) in [7, 11) is 1.60. The average Bonchev–Trinajstić information content (AvgIpc) is 3.06. The molecule has 0 radical (unpaired) electrons. The van der Waals surface area contributed by atoms with Crippen LogP contribution in [-0.2, 0) is 6.42 Å². The first-order valence-electron chi connectivity index (χ1n) is 8.26. The van der Waals surface area contributed by atoms with E-state index in [4.69, 9.17) is 4.74 Å². The predicted molar refractivity (Wildman–Crippen MR) is 97.5 cm³/mol. The third kappa shape index (κ3) is 3.42. The Hall–Kier alpha value is -3.02. The summed E-state index contributed by atoms with van der Waals surface area (Å²) in [5.41, 5.74) is 3.03. The molecule has 1 aliphatic heterocycles. The summed E-state index contributed by atoms with van der Waals surface area (Å²) in [6, 6.07) is 12.4. The number of methoxy groups -OCH3 is 1. The van der Waals surface area contributed by atoms with Crippen LogP contribution in [0.4, 0.5) is 16.2 Å². The van der Waals surface area contributed by atoms with E-state index in [1.165, 1.54) is 0 Å². The third-order valence-electron chi connectivity index (χ3n) is 4.20. The molecule has 25 heavy (non-hydrogen) atoms. The number of urea groups is 1. The van der Waals surface area contributed by atoms with Gasteiger partial charge in [-0.25, -0.2) is 4.79 Å². The zero-order valence-electron chi connectivity index (χ0n) is 14.3. The number of ether oxygens (including phenoxy) is 1. The molecule has 0 spiro atoms. The number of fused-ring (bicyclic) bond motifs is 1. The molecule has 0 saturated carbocycles. The van der Waals surface area contributed by atoms with Crippen LogP contribution in [0, 0.1) is 0 Å². The van der Waals surface area contributed by atoms with Crippen molar-refractivity contribution in [1.29, 1.82) is 0 Å². The standard InChI is InChI=1S/C19H21N3O3/c1-3-20-18(23)16-5-4-6-17-15(16)11-12-22(17)19(24)21-13-7-9-14(25-2)10-8-13/h4-10H,3,11-12H2,1-2H3,(H,20,23)(H,21,24). The van der Waals surface area contributed by atoms with Gasteiger partial charge < -0.3 is 15.4 Å². The Labute approximate surface area is 146 Å². The molecular weight excluding hydrogens is 318 g/mol. The number of hydrogen-bond acceptors (Lipinski definition) is 3. The van der Waals surface area contributed by atoms with Crippen molar-refractivity contribution in [3.63, 3.8) is 0 Å². The van der Waals surface area contributed by atoms with E-state index in [0.29, 0.717) is 30.8 Å². The summed E-state index contributed by atoms with van der Waals surface area (Å²) in [4.78, 5) is 26.5. The van der Waals surface area contributed by atoms with Gasteiger partial charge in [0.05, 0.1) is 7.11 Å². The Bertz CT molecular complexity index is 787. The number of anilines is 2. The number of rotatable bonds is 4. The van der Waals surface area contributed by atoms with Gasteiger partial charge in [-0.1, -0.05) is 6.07 Å². The molecule has 0 unspecified atom stereocenters. The Morgan fingerprint density at radius 3 is 2.60 bits per heavy atom. The minimum absolute atomic E-state index is 0.100. The van der Waals surface area contributed by atoms with Crippen LogP contribution in [-0.4, -0.2) is 32.1 Å². The Morgan fingerprint density at radius 2 is 1.92 bits per heavy atom. The Morgan fingerprint density at radius 1 is 1.16 bits per heavy atom. The van der Waals surface area contributed by atoms with Crippen molar-refractivity contribution in [2.75, 3.05) is 30.4 Å². The molecule has 1 heterocycles. The van der Waals surface area contributed by atoms with E-state index < -0.39 is 0 Å². The molecule has 6 nitrogen and oxygen atoms in total. The molecule has 3 rings (SSSR count). The van der Waals surface area contributed by atoms with Crippen molar-refractivity contribution in [3.8, 4) is 5.75 Å². The van der Waals surface area contributed by atoms with Crippen molar-refractivity contribution in [1.82, 2.24) is 5.32 Å². The Kier molecular flexibility index (Phi) is 4.88. The van der Waals surface area contributed by atoms with Crippen LogP contribution in [0.1, 0.15) is 22.8 Å². The molecule has 2 aromatic carbocycles. The number of carbonyl (C=O) groups excluding carboxylic acids is 2. The number of nitrogens with one attached hydrogen (secondary N) is 2. The van der Waals surface area contributed by atoms with Crippen LogP contribution in [0.2, 0.25) is 0 Å². The van der Waals surface area contributed by atoms with E-state index in [1.807, 2.05) is 19.1 Å². The fourth-order valence-electron chi connectivity index (χ4n) is 2.98. The molecule has 0 atom stereocenters. The highest BCUT2D eigenvalue weighted by Gasteiger charge is 2.28. The Balaban J connectivity index is 1.78. The van der Waals surface area contributed by atoms with Gasteiger partial charge >= 0.3 is 6.03 Å². The first-order valence-corrected chi connectivity index (χ1v) is 8.26. The normalized spacial score (nSPS) is 12.5. The maximum Gasteiger partial charge on any atom is 0.326 e. The topological polar surface area (TPSA) is 70.7 Å². The van der Waals surface area contributed by atoms with Gasteiger partial charge in [-0.15, -0.1) is 0 Å². The molecule has 0 bridgehead atoms. The first kappa shape index (κ1) is 16.8. The van der Waals surface area contributed by atoms with Crippen molar-refractivity contribution >= 4 is 23.3 Å². The van der Waals surface area contributed by atoms with Crippen LogP contribution in [0.3, 0.4) is 0 Å². The van der Waals surface area contributed by atoms with Crippen molar-refractivity contribution in [2.45, 2.75) is 13.3 Å². The van der Waals surface area contributed by atoms with E-state index in [9.17, 15) is 9.59 Å². The number of hydrogen-bond donors (Lipinski definition) is 2. The van der Waals surface area contributed by atoms with Gasteiger partial charge in [0, 0.05) is 30.0 Å². The van der Waals surface area contributed by atoms with Gasteiger partial charge in [0.1, 0.15) is 5.75 Å². The second-order valence-corrected chi connectivity index (χ2v) is 5.72. The van der Waals surface area contributed by atoms with Crippen molar-refractivity contribution in [2.24, 2.45) is 0 Å². The van der Waals surface area contributed by atoms with Crippen molar-refractivity contribution in [3.05, 3.63) is 53.6 Å². The van der Waals surface area contributed by atoms with Crippen LogP contribution in [0.25, 0.3) is 0 Å². The highest BCUT2D eigenvalue weighted by molar-refractivity contribution is 6.05. The highest BCUT2D eigenvalue weighted by Crippen LogP contribution is 2.31. The number of amides is 3. The SMILES string of the molecule is CCNC(=O)c1cccc2c1CCN2C(=O)Nc1ccc(OC)cc1. The maximum absolute atomic E-state index is 12.6. The lowest BCUT2D eigenvalue weighted by Crippen LogP contribution is -2.33. The predicted octanol–water partition coefficient (Wildman–Crippen LogP) is 3.04. The smallest absolute Gasteiger partial charge is 0.326 e. The lowest BCUT2D eigenvalue weighted by atomic mass is 10.0. The molecule has 130 valence electrons. The van der Waals surface area contributed by atoms with Gasteiger partial charge in [-0.3, -0.25) is 9.69 Å². The zero-order chi connectivity index (χ0) is 17.8. The average molecular weight is 339 g/mol. The van der Waals surface area contributed by atoms with Crippen LogP contribution in [0.15, 0.2) is 42.5 Å². The summed E-state index contributed by atoms with van der Waals surface area (Å²) in [5, 5.41) is 5.70. The lowest BCUT2D eigenvalue weighted by Gasteiger charge is -2.18. The van der Waals surface area contributed by atoms with E-state index in [0.717, 1.165) is 17.0 Å². The number of benzene rings is 2. The van der Waals surface area contributed by atoms with Gasteiger partial charge in [-0.05, 0) is 55.3 Å². The van der Waals surface area contributed by atoms with E-state index in [-0.39, 0.29) is 11.9 Å². The fourth-order valence-corrected chi connectivity index (χ4v) is 2.98. The largest absolute Gasteiger partial charge is 0.497 e. The highest BCUT2D eigenvalue weighted by atomic mass is 16.5. The van der Waals surface area contributed by atoms with Crippen LogP contribution in [0.5, 0.6) is 5.75 Å². The van der Waals surface area contributed by atoms with Crippen LogP contribution < -0.4 is 20.3 Å². The molecule has 0 aliphatic carbocycles. The molecule has 6 heteroatoms. The summed E-state index contributed by atoms with van der Waals surface area (Å²) >= 11 is 0. The summed E-state index contributed by atoms with van der Waals surface area (Å²) in [5.74, 6) is 0.632. The summed E-state index contributed by atoms with van der Waals surface area (Å²) in [6.07, 6.45) is 0.665. The molecule has 0 fully saturated rings. The molecule has 0 saturated heterocycles.